The summed E-state index contributed by atoms with van der Waals surface area (Å²) in [4.78, 5) is 36.3. The molecule has 1 atom stereocenters. The fourth-order valence-electron chi connectivity index (χ4n) is 4.16. The third-order valence-electron chi connectivity index (χ3n) is 5.91. The van der Waals surface area contributed by atoms with Crippen molar-refractivity contribution in [1.82, 2.24) is 15.1 Å². The molecule has 0 saturated carbocycles. The van der Waals surface area contributed by atoms with Gasteiger partial charge < -0.3 is 15.2 Å². The van der Waals surface area contributed by atoms with Gasteiger partial charge in [-0.05, 0) is 28.2 Å². The number of carbonyl (C=O) groups is 3. The Balaban J connectivity index is 1.41. The van der Waals surface area contributed by atoms with Gasteiger partial charge in [0.1, 0.15) is 18.5 Å². The van der Waals surface area contributed by atoms with Crippen molar-refractivity contribution in [3.05, 3.63) is 71.4 Å². The second-order valence-electron chi connectivity index (χ2n) is 8.52. The highest BCUT2D eigenvalue weighted by molar-refractivity contribution is 5.96. The number of carbonyl (C=O) groups excluding carboxylic acids is 2. The monoisotopic (exact) mass is 462 g/mol. The van der Waals surface area contributed by atoms with Crippen molar-refractivity contribution < 1.29 is 24.2 Å². The lowest BCUT2D eigenvalue weighted by Crippen LogP contribution is -2.44. The zero-order valence-corrected chi connectivity index (χ0v) is 19.1. The number of fused-ring (bicyclic) bond motifs is 3. The molecule has 34 heavy (non-hydrogen) atoms. The third kappa shape index (κ3) is 4.50. The Bertz CT molecular complexity index is 1200. The molecule has 1 aliphatic rings. The molecule has 0 fully saturated rings. The molecule has 0 unspecified atom stereocenters. The minimum Gasteiger partial charge on any atom is -0.480 e. The Morgan fingerprint density at radius 3 is 2.21 bits per heavy atom. The van der Waals surface area contributed by atoms with Crippen molar-refractivity contribution >= 4 is 23.8 Å². The van der Waals surface area contributed by atoms with E-state index in [0.717, 1.165) is 22.3 Å². The maximum absolute atomic E-state index is 12.5. The first-order chi connectivity index (χ1) is 16.3. The van der Waals surface area contributed by atoms with Gasteiger partial charge in [-0.3, -0.25) is 14.8 Å². The van der Waals surface area contributed by atoms with Gasteiger partial charge in [-0.2, -0.15) is 5.10 Å². The fraction of sp³-hybridized carbons (Fsp3) is 0.280. The number of nitrogens with zero attached hydrogens (tertiary/aromatic N) is 2. The third-order valence-corrected chi connectivity index (χ3v) is 5.91. The zero-order chi connectivity index (χ0) is 24.4. The van der Waals surface area contributed by atoms with Crippen molar-refractivity contribution in [3.63, 3.8) is 0 Å². The maximum Gasteiger partial charge on any atom is 0.412 e. The first kappa shape index (κ1) is 23.0. The van der Waals surface area contributed by atoms with Crippen molar-refractivity contribution in [1.29, 1.82) is 0 Å². The number of nitrogens with one attached hydrogen (secondary N) is 2. The highest BCUT2D eigenvalue weighted by atomic mass is 16.5. The van der Waals surface area contributed by atoms with E-state index in [1.54, 1.807) is 20.9 Å². The van der Waals surface area contributed by atoms with E-state index < -0.39 is 24.0 Å². The molecule has 1 aromatic heterocycles. The predicted octanol–water partition coefficient (Wildman–Crippen LogP) is 3.62. The van der Waals surface area contributed by atoms with Gasteiger partial charge in [-0.15, -0.1) is 0 Å². The molecular weight excluding hydrogens is 436 g/mol. The van der Waals surface area contributed by atoms with Crippen LogP contribution in [0.5, 0.6) is 0 Å². The SMILES string of the molecule is CC(C)[C@H](NC(=O)c1cc(NC(=O)OCC2c3ccccc3-c3ccccc32)n(C)n1)C(=O)O. The molecule has 176 valence electrons. The standard InChI is InChI=1S/C25H26N4O5/c1-14(2)22(24(31)32)27-23(30)20-12-21(29(3)28-20)26-25(33)34-13-19-17-10-6-4-8-15(17)16-9-5-7-11-18(16)19/h4-12,14,19,22H,13H2,1-3H3,(H,26,33)(H,27,30)(H,31,32)/t22-/m0/s1. The number of aryl methyl sites for hydroxylation is 1. The van der Waals surface area contributed by atoms with Gasteiger partial charge in [0.2, 0.25) is 0 Å². The Hall–Kier alpha value is -4.14. The Kier molecular flexibility index (Phi) is 6.36. The molecule has 0 bridgehead atoms. The van der Waals surface area contributed by atoms with Crippen molar-refractivity contribution in [2.75, 3.05) is 11.9 Å². The molecule has 0 radical (unpaired) electrons. The van der Waals surface area contributed by atoms with E-state index in [2.05, 4.69) is 27.9 Å². The van der Waals surface area contributed by atoms with Crippen LogP contribution in [0.15, 0.2) is 54.6 Å². The lowest BCUT2D eigenvalue weighted by Gasteiger charge is -2.16. The molecule has 0 saturated heterocycles. The normalized spacial score (nSPS) is 13.2. The van der Waals surface area contributed by atoms with Crippen LogP contribution in [0.25, 0.3) is 11.1 Å². The molecular formula is C25H26N4O5. The molecule has 1 aliphatic carbocycles. The number of carboxylic acid groups (broad SMARTS) is 1. The van der Waals surface area contributed by atoms with Gasteiger partial charge in [0, 0.05) is 19.0 Å². The molecule has 9 heteroatoms. The van der Waals surface area contributed by atoms with Crippen LogP contribution in [0.2, 0.25) is 0 Å². The molecule has 4 rings (SSSR count). The van der Waals surface area contributed by atoms with Gasteiger partial charge >= 0.3 is 12.1 Å². The van der Waals surface area contributed by atoms with Crippen LogP contribution in [0, 0.1) is 5.92 Å². The van der Waals surface area contributed by atoms with Crippen LogP contribution in [0.1, 0.15) is 41.4 Å². The van der Waals surface area contributed by atoms with Crippen LogP contribution >= 0.6 is 0 Å². The quantitative estimate of drug-likeness (QED) is 0.493. The summed E-state index contributed by atoms with van der Waals surface area (Å²) in [7, 11) is 1.56. The van der Waals surface area contributed by atoms with Crippen LogP contribution < -0.4 is 10.6 Å². The number of hydrogen-bond acceptors (Lipinski definition) is 5. The summed E-state index contributed by atoms with van der Waals surface area (Å²) in [6.07, 6.45) is -0.678. The number of rotatable bonds is 7. The minimum atomic E-state index is -1.13. The van der Waals surface area contributed by atoms with Crippen LogP contribution in [-0.4, -0.2) is 45.5 Å². The second-order valence-corrected chi connectivity index (χ2v) is 8.52. The number of carboxylic acids is 1. The van der Waals surface area contributed by atoms with Gasteiger partial charge in [0.15, 0.2) is 5.69 Å². The fourth-order valence-corrected chi connectivity index (χ4v) is 4.16. The number of aromatic nitrogens is 2. The Labute approximate surface area is 196 Å². The van der Waals surface area contributed by atoms with Crippen LogP contribution in [0.3, 0.4) is 0 Å². The molecule has 3 N–H and O–H groups in total. The number of anilines is 1. The number of benzene rings is 2. The molecule has 9 nitrogen and oxygen atoms in total. The number of aliphatic carboxylic acids is 1. The first-order valence-corrected chi connectivity index (χ1v) is 11.0. The first-order valence-electron chi connectivity index (χ1n) is 11.0. The Morgan fingerprint density at radius 2 is 1.65 bits per heavy atom. The molecule has 1 heterocycles. The number of ether oxygens (including phenoxy) is 1. The smallest absolute Gasteiger partial charge is 0.412 e. The average molecular weight is 463 g/mol. The highest BCUT2D eigenvalue weighted by Gasteiger charge is 2.29. The van der Waals surface area contributed by atoms with Crippen molar-refractivity contribution in [3.8, 4) is 11.1 Å². The largest absolute Gasteiger partial charge is 0.480 e. The van der Waals surface area contributed by atoms with E-state index in [1.165, 1.54) is 10.7 Å². The van der Waals surface area contributed by atoms with E-state index in [-0.39, 0.29) is 30.0 Å². The summed E-state index contributed by atoms with van der Waals surface area (Å²) in [6.45, 7) is 3.54. The highest BCUT2D eigenvalue weighted by Crippen LogP contribution is 2.44. The van der Waals surface area contributed by atoms with Crippen molar-refractivity contribution in [2.45, 2.75) is 25.8 Å². The second kappa shape index (κ2) is 9.38. The number of hydrogen-bond donors (Lipinski definition) is 3. The van der Waals surface area contributed by atoms with E-state index in [1.807, 2.05) is 36.4 Å². The maximum atomic E-state index is 12.5. The summed E-state index contributed by atoms with van der Waals surface area (Å²) >= 11 is 0. The topological polar surface area (TPSA) is 123 Å². The van der Waals surface area contributed by atoms with Gasteiger partial charge in [0.05, 0.1) is 0 Å². The lowest BCUT2D eigenvalue weighted by atomic mass is 9.98. The predicted molar refractivity (Wildman–Crippen MR) is 126 cm³/mol. The van der Waals surface area contributed by atoms with E-state index in [4.69, 9.17) is 4.74 Å². The lowest BCUT2D eigenvalue weighted by molar-refractivity contribution is -0.140. The van der Waals surface area contributed by atoms with Gasteiger partial charge in [0.25, 0.3) is 5.91 Å². The van der Waals surface area contributed by atoms with Gasteiger partial charge in [-0.1, -0.05) is 62.4 Å². The summed E-state index contributed by atoms with van der Waals surface area (Å²) < 4.78 is 6.85. The van der Waals surface area contributed by atoms with E-state index >= 15 is 0 Å². The van der Waals surface area contributed by atoms with E-state index in [0.29, 0.717) is 0 Å². The summed E-state index contributed by atoms with van der Waals surface area (Å²) in [6, 6.07) is 16.4. The summed E-state index contributed by atoms with van der Waals surface area (Å²) in [5, 5.41) is 18.4. The molecule has 2 aromatic carbocycles. The average Bonchev–Trinajstić information content (AvgIpc) is 3.33. The van der Waals surface area contributed by atoms with Crippen LogP contribution in [-0.2, 0) is 16.6 Å². The van der Waals surface area contributed by atoms with E-state index in [9.17, 15) is 19.5 Å². The summed E-state index contributed by atoms with van der Waals surface area (Å²) in [5.74, 6) is -1.90. The molecule has 0 aliphatic heterocycles. The summed E-state index contributed by atoms with van der Waals surface area (Å²) in [5.41, 5.74) is 4.47. The van der Waals surface area contributed by atoms with Crippen LogP contribution in [0.4, 0.5) is 10.6 Å². The van der Waals surface area contributed by atoms with Crippen molar-refractivity contribution in [2.24, 2.45) is 13.0 Å². The minimum absolute atomic E-state index is 0.0108. The van der Waals surface area contributed by atoms with Gasteiger partial charge in [-0.25, -0.2) is 9.59 Å². The molecule has 3 aromatic rings. The molecule has 2 amide bonds. The Morgan fingerprint density at radius 1 is 1.06 bits per heavy atom. The zero-order valence-electron chi connectivity index (χ0n) is 19.1. The number of amides is 2. The molecule has 0 spiro atoms.